The molecule has 1 saturated carbocycles. The van der Waals surface area contributed by atoms with Gasteiger partial charge in [-0.2, -0.15) is 0 Å². The predicted octanol–water partition coefficient (Wildman–Crippen LogP) is 6.01. The molecule has 0 spiro atoms. The van der Waals surface area contributed by atoms with Crippen LogP contribution in [-0.2, 0) is 34.2 Å². The Labute approximate surface area is 337 Å². The second-order valence-corrected chi connectivity index (χ2v) is 18.6. The molecule has 3 heterocycles. The van der Waals surface area contributed by atoms with Crippen molar-refractivity contribution in [1.82, 2.24) is 14.9 Å². The normalized spacial score (nSPS) is 29.3. The van der Waals surface area contributed by atoms with Crippen LogP contribution in [0.4, 0.5) is 5.69 Å². The number of amides is 1. The number of carbonyl (C=O) groups excluding carboxylic acids is 1. The van der Waals surface area contributed by atoms with Gasteiger partial charge in [-0.1, -0.05) is 67.1 Å². The summed E-state index contributed by atoms with van der Waals surface area (Å²) in [6, 6.07) is 20.8. The molecule has 3 aromatic carbocycles. The first-order chi connectivity index (χ1) is 27.1. The average Bonchev–Trinajstić information content (AvgIpc) is 3.21. The molecule has 1 saturated heterocycles. The molecule has 2 bridgehead atoms. The van der Waals surface area contributed by atoms with Gasteiger partial charge in [-0.3, -0.25) is 9.69 Å². The maximum Gasteiger partial charge on any atom is 0.264 e. The van der Waals surface area contributed by atoms with E-state index in [1.54, 1.807) is 13.2 Å². The fourth-order valence-corrected chi connectivity index (χ4v) is 11.1. The van der Waals surface area contributed by atoms with Gasteiger partial charge in [0.05, 0.1) is 17.5 Å². The summed E-state index contributed by atoms with van der Waals surface area (Å²) in [7, 11) is -2.33. The molecule has 56 heavy (non-hydrogen) atoms. The molecule has 0 aromatic heterocycles. The lowest BCUT2D eigenvalue weighted by Crippen LogP contribution is -2.60. The van der Waals surface area contributed by atoms with E-state index in [0.717, 1.165) is 75.1 Å². The summed E-state index contributed by atoms with van der Waals surface area (Å²) in [5.74, 6) is 0.168. The van der Waals surface area contributed by atoms with Crippen LogP contribution in [0.5, 0.6) is 5.75 Å². The maximum absolute atomic E-state index is 14.3. The lowest BCUT2D eigenvalue weighted by atomic mass is 9.63. The van der Waals surface area contributed by atoms with Gasteiger partial charge in [-0.05, 0) is 110 Å². The van der Waals surface area contributed by atoms with Crippen LogP contribution in [0.2, 0.25) is 5.02 Å². The number of halogens is 1. The van der Waals surface area contributed by atoms with Crippen LogP contribution in [0.3, 0.4) is 0 Å². The highest BCUT2D eigenvalue weighted by molar-refractivity contribution is 7.90. The Kier molecular flexibility index (Phi) is 13.1. The van der Waals surface area contributed by atoms with E-state index in [9.17, 15) is 18.3 Å². The number of hydrogen-bond donors (Lipinski definition) is 3. The van der Waals surface area contributed by atoms with Gasteiger partial charge in [0.1, 0.15) is 18.0 Å². The Hall–Kier alpha value is -3.45. The van der Waals surface area contributed by atoms with Crippen LogP contribution >= 0.6 is 11.6 Å². The van der Waals surface area contributed by atoms with E-state index < -0.39 is 26.8 Å². The summed E-state index contributed by atoms with van der Waals surface area (Å²) < 4.78 is 44.4. The fourth-order valence-electron chi connectivity index (χ4n) is 9.24. The molecule has 0 radical (unpaired) electrons. The molecule has 2 fully saturated rings. The number of hydrogen-bond acceptors (Lipinski definition) is 9. The zero-order chi connectivity index (χ0) is 39.3. The molecule has 6 atom stereocenters. The van der Waals surface area contributed by atoms with E-state index in [-0.39, 0.29) is 36.5 Å². The van der Waals surface area contributed by atoms with Gasteiger partial charge in [-0.25, -0.2) is 13.1 Å². The first kappa shape index (κ1) is 40.7. The van der Waals surface area contributed by atoms with Gasteiger partial charge in [0.2, 0.25) is 10.0 Å². The number of carbonyl (C=O) groups is 1. The van der Waals surface area contributed by atoms with Gasteiger partial charge in [0.15, 0.2) is 0 Å². The molecule has 7 rings (SSSR count). The van der Waals surface area contributed by atoms with Crippen LogP contribution in [0.25, 0.3) is 0 Å². The van der Waals surface area contributed by atoms with E-state index in [4.69, 9.17) is 21.1 Å². The largest absolute Gasteiger partial charge is 0.487 e. The smallest absolute Gasteiger partial charge is 0.264 e. The summed E-state index contributed by atoms with van der Waals surface area (Å²) >= 11 is 6.42. The van der Waals surface area contributed by atoms with E-state index >= 15 is 0 Å². The van der Waals surface area contributed by atoms with Crippen LogP contribution in [-0.4, -0.2) is 94.2 Å². The Morgan fingerprint density at radius 1 is 1.02 bits per heavy atom. The first-order valence-electron chi connectivity index (χ1n) is 20.3. The molecule has 10 nitrogen and oxygen atoms in total. The molecular formula is C44H57ClN4O6S. The van der Waals surface area contributed by atoms with Gasteiger partial charge < -0.3 is 24.8 Å². The number of aryl methyl sites for hydroxylation is 1. The second-order valence-electron chi connectivity index (χ2n) is 16.3. The molecule has 0 unspecified atom stereocenters. The van der Waals surface area contributed by atoms with Gasteiger partial charge in [0, 0.05) is 63.0 Å². The Morgan fingerprint density at radius 3 is 2.62 bits per heavy atom. The first-order valence-corrected chi connectivity index (χ1v) is 22.2. The van der Waals surface area contributed by atoms with Crippen molar-refractivity contribution in [2.24, 2.45) is 17.8 Å². The third-order valence-electron chi connectivity index (χ3n) is 12.6. The average molecular weight is 805 g/mol. The fraction of sp³-hybridized carbons (Fsp3) is 0.523. The Bertz CT molecular complexity index is 1960. The van der Waals surface area contributed by atoms with E-state index in [1.165, 1.54) is 5.56 Å². The molecule has 12 heteroatoms. The molecule has 3 aromatic rings. The highest BCUT2D eigenvalue weighted by Gasteiger charge is 2.48. The van der Waals surface area contributed by atoms with Crippen molar-refractivity contribution >= 4 is 33.2 Å². The zero-order valence-electron chi connectivity index (χ0n) is 32.7. The molecular weight excluding hydrogens is 748 g/mol. The molecule has 3 aliphatic heterocycles. The number of aliphatic hydroxyl groups excluding tert-OH is 1. The number of allylic oxidation sites excluding steroid dienone is 1. The second kappa shape index (κ2) is 18.0. The summed E-state index contributed by atoms with van der Waals surface area (Å²) in [4.78, 5) is 18.8. The summed E-state index contributed by atoms with van der Waals surface area (Å²) in [6.07, 6.45) is 9.84. The zero-order valence-corrected chi connectivity index (χ0v) is 34.2. The minimum absolute atomic E-state index is 0.00445. The third-order valence-corrected chi connectivity index (χ3v) is 14.7. The topological polar surface area (TPSA) is 120 Å². The van der Waals surface area contributed by atoms with Crippen molar-refractivity contribution in [3.63, 3.8) is 0 Å². The maximum atomic E-state index is 14.3. The summed E-state index contributed by atoms with van der Waals surface area (Å²) in [5.41, 5.74) is 3.56. The summed E-state index contributed by atoms with van der Waals surface area (Å²) in [5, 5.41) is 13.3. The van der Waals surface area contributed by atoms with Crippen LogP contribution < -0.4 is 19.7 Å². The minimum Gasteiger partial charge on any atom is -0.487 e. The van der Waals surface area contributed by atoms with Crippen LogP contribution in [0.1, 0.15) is 66.1 Å². The lowest BCUT2D eigenvalue weighted by Gasteiger charge is -2.52. The van der Waals surface area contributed by atoms with Crippen molar-refractivity contribution in [1.29, 1.82) is 0 Å². The van der Waals surface area contributed by atoms with Crippen molar-refractivity contribution in [3.05, 3.63) is 106 Å². The minimum atomic E-state index is -4.13. The molecule has 1 aliphatic carbocycles. The van der Waals surface area contributed by atoms with Crippen molar-refractivity contribution in [3.8, 4) is 5.75 Å². The number of benzene rings is 3. The van der Waals surface area contributed by atoms with Crippen molar-refractivity contribution < 1.29 is 27.8 Å². The number of fused-ring (bicyclic) bond motifs is 3. The highest BCUT2D eigenvalue weighted by atomic mass is 35.5. The number of aliphatic hydroxyl groups is 1. The quantitative estimate of drug-likeness (QED) is 0.258. The SMILES string of the molecule is CO[C@]1(CN2CCN[C@H](CO)C2)/C=C/C[C@H](C)[C@H](Cc2ccccc2)S(=O)(=O)NC(=O)c2ccc3c(c2)N(CCCCc2cc(Cl)ccc2CO3)C[C@@H]2CC[C@H]21. The molecule has 1 amide bonds. The van der Waals surface area contributed by atoms with Crippen molar-refractivity contribution in [2.45, 2.75) is 75.4 Å². The number of ether oxygens (including phenoxy) is 2. The summed E-state index contributed by atoms with van der Waals surface area (Å²) in [6.45, 7) is 6.85. The van der Waals surface area contributed by atoms with E-state index in [2.05, 4.69) is 32.0 Å². The van der Waals surface area contributed by atoms with Crippen molar-refractivity contribution in [2.75, 3.05) is 57.9 Å². The number of piperazine rings is 1. The number of nitrogens with one attached hydrogen (secondary N) is 2. The van der Waals surface area contributed by atoms with Crippen LogP contribution in [0.15, 0.2) is 78.9 Å². The van der Waals surface area contributed by atoms with Gasteiger partial charge in [0.25, 0.3) is 5.91 Å². The monoisotopic (exact) mass is 804 g/mol. The molecule has 4 aliphatic rings. The number of methoxy groups -OCH3 is 1. The Balaban J connectivity index is 1.30. The standard InChI is InChI=1S/C44H57ClN4O6S/c1-31-9-8-19-44(54-2,30-48-22-20-46-38(27-48)28-50)39-17-14-35(39)26-49-21-7-6-12-33-24-37(45)16-13-36(33)29-55-41-18-15-34(25-40(41)49)43(51)47-56(52,53)42(31)23-32-10-4-3-5-11-32/h3-5,8,10-11,13,15-16,18-19,24-25,31,35,38-39,42,46,50H,6-7,9,12,14,17,20-23,26-30H2,1-2H3,(H,47,51)/b19-8+/t31-,35-,38-,39+,42-,44-/m0/s1. The molecule has 302 valence electrons. The number of sulfonamides is 1. The van der Waals surface area contributed by atoms with Gasteiger partial charge >= 0.3 is 0 Å². The third kappa shape index (κ3) is 9.30. The van der Waals surface area contributed by atoms with E-state index in [1.807, 2.05) is 67.6 Å². The van der Waals surface area contributed by atoms with E-state index in [0.29, 0.717) is 42.8 Å². The van der Waals surface area contributed by atoms with Gasteiger partial charge in [-0.15, -0.1) is 0 Å². The predicted molar refractivity (Wildman–Crippen MR) is 222 cm³/mol. The number of rotatable bonds is 6. The number of anilines is 1. The lowest BCUT2D eigenvalue weighted by molar-refractivity contribution is -0.0944. The Morgan fingerprint density at radius 2 is 1.86 bits per heavy atom. The number of nitrogens with zero attached hydrogens (tertiary/aromatic N) is 2. The van der Waals surface area contributed by atoms with Crippen LogP contribution in [0, 0.1) is 17.8 Å². The molecule has 3 N–H and O–H groups in total. The highest BCUT2D eigenvalue weighted by Crippen LogP contribution is 2.47.